The van der Waals surface area contributed by atoms with Gasteiger partial charge in [-0.25, -0.2) is 4.79 Å². The van der Waals surface area contributed by atoms with Gasteiger partial charge in [0.15, 0.2) is 0 Å². The van der Waals surface area contributed by atoms with Crippen molar-refractivity contribution in [2.24, 2.45) is 0 Å². The summed E-state index contributed by atoms with van der Waals surface area (Å²) in [5.74, 6) is 0. The highest BCUT2D eigenvalue weighted by atomic mass is 16.5. The van der Waals surface area contributed by atoms with Gasteiger partial charge < -0.3 is 10.1 Å². The molecule has 0 atom stereocenters. The highest BCUT2D eigenvalue weighted by Gasteiger charge is 2.03. The molecule has 0 radical (unpaired) electrons. The first-order valence-electron chi connectivity index (χ1n) is 6.25. The largest absolute Gasteiger partial charge is 0.445 e. The van der Waals surface area contributed by atoms with Crippen LogP contribution < -0.4 is 5.32 Å². The summed E-state index contributed by atoms with van der Waals surface area (Å²) in [7, 11) is 0. The number of carbonyl (C=O) groups is 1. The van der Waals surface area contributed by atoms with Crippen LogP contribution in [-0.4, -0.2) is 6.09 Å². The Bertz CT molecular complexity index is 537. The average molecular weight is 255 g/mol. The van der Waals surface area contributed by atoms with Crippen LogP contribution in [0.1, 0.15) is 16.7 Å². The van der Waals surface area contributed by atoms with Gasteiger partial charge in [-0.1, -0.05) is 54.6 Å². The molecule has 0 bridgehead atoms. The van der Waals surface area contributed by atoms with Crippen LogP contribution >= 0.6 is 0 Å². The van der Waals surface area contributed by atoms with Gasteiger partial charge in [-0.15, -0.1) is 0 Å². The van der Waals surface area contributed by atoms with Crippen LogP contribution in [0.3, 0.4) is 0 Å². The quantitative estimate of drug-likeness (QED) is 0.909. The highest BCUT2D eigenvalue weighted by molar-refractivity contribution is 5.67. The molecule has 98 valence electrons. The molecule has 19 heavy (non-hydrogen) atoms. The number of ether oxygens (including phenoxy) is 1. The minimum atomic E-state index is -0.396. The molecule has 0 saturated carbocycles. The number of aryl methyl sites for hydroxylation is 1. The molecule has 0 saturated heterocycles. The van der Waals surface area contributed by atoms with Gasteiger partial charge in [0.2, 0.25) is 0 Å². The monoisotopic (exact) mass is 255 g/mol. The van der Waals surface area contributed by atoms with E-state index >= 15 is 0 Å². The van der Waals surface area contributed by atoms with Crippen LogP contribution in [0.2, 0.25) is 0 Å². The van der Waals surface area contributed by atoms with Gasteiger partial charge in [0.25, 0.3) is 0 Å². The normalized spacial score (nSPS) is 9.95. The number of rotatable bonds is 4. The average Bonchev–Trinajstić information content (AvgIpc) is 2.45. The third-order valence-electron chi connectivity index (χ3n) is 2.90. The second-order valence-corrected chi connectivity index (χ2v) is 4.34. The van der Waals surface area contributed by atoms with Gasteiger partial charge in [0.05, 0.1) is 0 Å². The Labute approximate surface area is 113 Å². The predicted octanol–water partition coefficient (Wildman–Crippen LogP) is 3.42. The Morgan fingerprint density at radius 2 is 1.74 bits per heavy atom. The molecular weight excluding hydrogens is 238 g/mol. The first-order valence-corrected chi connectivity index (χ1v) is 6.25. The SMILES string of the molecule is Cc1ccccc1CNC(=O)OCc1ccccc1. The Kier molecular flexibility index (Phi) is 4.56. The number of amides is 1. The molecule has 1 amide bonds. The summed E-state index contributed by atoms with van der Waals surface area (Å²) in [6.07, 6.45) is -0.396. The molecule has 1 N–H and O–H groups in total. The molecule has 3 nitrogen and oxygen atoms in total. The fraction of sp³-hybridized carbons (Fsp3) is 0.188. The topological polar surface area (TPSA) is 38.3 Å². The van der Waals surface area contributed by atoms with Gasteiger partial charge in [0, 0.05) is 6.54 Å². The summed E-state index contributed by atoms with van der Waals surface area (Å²) >= 11 is 0. The number of benzene rings is 2. The lowest BCUT2D eigenvalue weighted by atomic mass is 10.1. The summed E-state index contributed by atoms with van der Waals surface area (Å²) in [6.45, 7) is 2.80. The first-order chi connectivity index (χ1) is 9.25. The zero-order valence-corrected chi connectivity index (χ0v) is 10.9. The van der Waals surface area contributed by atoms with E-state index < -0.39 is 6.09 Å². The second kappa shape index (κ2) is 6.59. The van der Waals surface area contributed by atoms with E-state index in [1.165, 1.54) is 0 Å². The zero-order valence-electron chi connectivity index (χ0n) is 10.9. The standard InChI is InChI=1S/C16H17NO2/c1-13-7-5-6-10-15(13)11-17-16(18)19-12-14-8-3-2-4-9-14/h2-10H,11-12H2,1H3,(H,17,18). The van der Waals surface area contributed by atoms with E-state index in [0.29, 0.717) is 13.2 Å². The lowest BCUT2D eigenvalue weighted by Gasteiger charge is -2.08. The first kappa shape index (κ1) is 13.1. The molecule has 0 unspecified atom stereocenters. The third-order valence-corrected chi connectivity index (χ3v) is 2.90. The Morgan fingerprint density at radius 1 is 1.05 bits per heavy atom. The van der Waals surface area contributed by atoms with Gasteiger partial charge >= 0.3 is 6.09 Å². The third kappa shape index (κ3) is 4.14. The Morgan fingerprint density at radius 3 is 2.47 bits per heavy atom. The molecule has 0 aliphatic rings. The van der Waals surface area contributed by atoms with Crippen molar-refractivity contribution in [1.82, 2.24) is 5.32 Å². The summed E-state index contributed by atoms with van der Waals surface area (Å²) in [5, 5.41) is 2.75. The molecule has 0 heterocycles. The van der Waals surface area contributed by atoms with Crippen molar-refractivity contribution in [3.05, 3.63) is 71.3 Å². The molecule has 2 aromatic rings. The van der Waals surface area contributed by atoms with Crippen LogP contribution in [0.5, 0.6) is 0 Å². The number of hydrogen-bond acceptors (Lipinski definition) is 2. The maximum atomic E-state index is 11.6. The Balaban J connectivity index is 1.78. The number of nitrogens with one attached hydrogen (secondary N) is 1. The van der Waals surface area contributed by atoms with Crippen LogP contribution in [0, 0.1) is 6.92 Å². The van der Waals surface area contributed by atoms with Crippen molar-refractivity contribution in [3.63, 3.8) is 0 Å². The van der Waals surface area contributed by atoms with E-state index in [9.17, 15) is 4.79 Å². The maximum absolute atomic E-state index is 11.6. The summed E-state index contributed by atoms with van der Waals surface area (Å²) in [4.78, 5) is 11.6. The lowest BCUT2D eigenvalue weighted by Crippen LogP contribution is -2.23. The van der Waals surface area contributed by atoms with Gasteiger partial charge in [-0.2, -0.15) is 0 Å². The number of alkyl carbamates (subject to hydrolysis) is 1. The van der Waals surface area contributed by atoms with Crippen molar-refractivity contribution < 1.29 is 9.53 Å². The van der Waals surface area contributed by atoms with E-state index in [1.807, 2.05) is 61.5 Å². The second-order valence-electron chi connectivity index (χ2n) is 4.34. The molecule has 3 heteroatoms. The van der Waals surface area contributed by atoms with E-state index in [-0.39, 0.29) is 0 Å². The summed E-state index contributed by atoms with van der Waals surface area (Å²) in [5.41, 5.74) is 3.23. The highest BCUT2D eigenvalue weighted by Crippen LogP contribution is 2.06. The Hall–Kier alpha value is -2.29. The van der Waals surface area contributed by atoms with Crippen molar-refractivity contribution in [2.45, 2.75) is 20.1 Å². The van der Waals surface area contributed by atoms with Crippen molar-refractivity contribution in [2.75, 3.05) is 0 Å². The van der Waals surface area contributed by atoms with Crippen LogP contribution in [0.15, 0.2) is 54.6 Å². The molecule has 0 fully saturated rings. The molecule has 0 aromatic heterocycles. The van der Waals surface area contributed by atoms with E-state index in [2.05, 4.69) is 5.32 Å². The molecule has 0 aliphatic heterocycles. The minimum absolute atomic E-state index is 0.292. The smallest absolute Gasteiger partial charge is 0.407 e. The molecule has 0 aliphatic carbocycles. The van der Waals surface area contributed by atoms with Crippen LogP contribution in [0.4, 0.5) is 4.79 Å². The van der Waals surface area contributed by atoms with Gasteiger partial charge in [0.1, 0.15) is 6.61 Å². The fourth-order valence-corrected chi connectivity index (χ4v) is 1.75. The van der Waals surface area contributed by atoms with Gasteiger partial charge in [-0.3, -0.25) is 0 Å². The molecule has 0 spiro atoms. The van der Waals surface area contributed by atoms with Crippen molar-refractivity contribution in [3.8, 4) is 0 Å². The minimum Gasteiger partial charge on any atom is -0.445 e. The maximum Gasteiger partial charge on any atom is 0.407 e. The predicted molar refractivity (Wildman–Crippen MR) is 74.6 cm³/mol. The van der Waals surface area contributed by atoms with E-state index in [1.54, 1.807) is 0 Å². The molecule has 2 rings (SSSR count). The van der Waals surface area contributed by atoms with Crippen LogP contribution in [0.25, 0.3) is 0 Å². The number of hydrogen-bond donors (Lipinski definition) is 1. The molecule has 2 aromatic carbocycles. The van der Waals surface area contributed by atoms with E-state index in [4.69, 9.17) is 4.74 Å². The van der Waals surface area contributed by atoms with Crippen molar-refractivity contribution in [1.29, 1.82) is 0 Å². The zero-order chi connectivity index (χ0) is 13.5. The summed E-state index contributed by atoms with van der Waals surface area (Å²) < 4.78 is 5.14. The van der Waals surface area contributed by atoms with Crippen molar-refractivity contribution >= 4 is 6.09 Å². The summed E-state index contributed by atoms with van der Waals surface area (Å²) in [6, 6.07) is 17.6. The lowest BCUT2D eigenvalue weighted by molar-refractivity contribution is 0.139. The number of carbonyl (C=O) groups excluding carboxylic acids is 1. The fourth-order valence-electron chi connectivity index (χ4n) is 1.75. The molecular formula is C16H17NO2. The van der Waals surface area contributed by atoms with Gasteiger partial charge in [-0.05, 0) is 23.6 Å². The van der Waals surface area contributed by atoms with E-state index in [0.717, 1.165) is 16.7 Å². The van der Waals surface area contributed by atoms with Crippen LogP contribution in [-0.2, 0) is 17.9 Å².